The smallest absolute Gasteiger partial charge is 0.337 e. The summed E-state index contributed by atoms with van der Waals surface area (Å²) in [7, 11) is 1.26. The van der Waals surface area contributed by atoms with Crippen molar-refractivity contribution in [1.29, 1.82) is 0 Å². The van der Waals surface area contributed by atoms with Gasteiger partial charge in [-0.2, -0.15) is 0 Å². The number of benzene rings is 1. The van der Waals surface area contributed by atoms with Crippen molar-refractivity contribution >= 4 is 40.8 Å². The van der Waals surface area contributed by atoms with E-state index in [2.05, 4.69) is 10.1 Å². The van der Waals surface area contributed by atoms with Crippen molar-refractivity contribution in [1.82, 2.24) is 0 Å². The quantitative estimate of drug-likeness (QED) is 0.879. The van der Waals surface area contributed by atoms with E-state index >= 15 is 0 Å². The van der Waals surface area contributed by atoms with Crippen molar-refractivity contribution in [3.8, 4) is 0 Å². The standard InChI is InChI=1S/C13H9Cl2NO4/c1-19-13(18)7-2-3-9(14)10(6-7)16-12(17)8-4-5-20-11(8)15/h2-6H,1H3,(H,16,17). The van der Waals surface area contributed by atoms with Crippen LogP contribution in [-0.4, -0.2) is 19.0 Å². The lowest BCUT2D eigenvalue weighted by Crippen LogP contribution is -2.12. The molecule has 0 aliphatic carbocycles. The Labute approximate surface area is 124 Å². The number of hydrogen-bond acceptors (Lipinski definition) is 4. The SMILES string of the molecule is COC(=O)c1ccc(Cl)c(NC(=O)c2ccoc2Cl)c1. The fourth-order valence-corrected chi connectivity index (χ4v) is 1.88. The lowest BCUT2D eigenvalue weighted by Gasteiger charge is -2.08. The number of carbonyl (C=O) groups excluding carboxylic acids is 2. The van der Waals surface area contributed by atoms with Gasteiger partial charge in [0.05, 0.1) is 35.2 Å². The maximum Gasteiger partial charge on any atom is 0.337 e. The van der Waals surface area contributed by atoms with E-state index in [1.165, 1.54) is 37.6 Å². The van der Waals surface area contributed by atoms with E-state index in [4.69, 9.17) is 27.6 Å². The Morgan fingerprint density at radius 3 is 2.60 bits per heavy atom. The largest absolute Gasteiger partial charge is 0.465 e. The van der Waals surface area contributed by atoms with Gasteiger partial charge in [-0.1, -0.05) is 11.6 Å². The highest BCUT2D eigenvalue weighted by Gasteiger charge is 2.16. The molecular weight excluding hydrogens is 305 g/mol. The second-order valence-electron chi connectivity index (χ2n) is 3.75. The molecule has 0 saturated heterocycles. The summed E-state index contributed by atoms with van der Waals surface area (Å²) < 4.78 is 9.43. The first-order valence-corrected chi connectivity index (χ1v) is 6.20. The molecule has 2 rings (SSSR count). The number of amides is 1. The summed E-state index contributed by atoms with van der Waals surface area (Å²) in [5.41, 5.74) is 0.716. The molecule has 0 radical (unpaired) electrons. The molecule has 0 unspecified atom stereocenters. The third-order valence-electron chi connectivity index (χ3n) is 2.50. The summed E-state index contributed by atoms with van der Waals surface area (Å²) in [4.78, 5) is 23.4. The Morgan fingerprint density at radius 1 is 1.25 bits per heavy atom. The predicted octanol–water partition coefficient (Wildman–Crippen LogP) is 3.63. The first kappa shape index (κ1) is 14.4. The van der Waals surface area contributed by atoms with Gasteiger partial charge < -0.3 is 14.5 Å². The molecule has 7 heteroatoms. The molecule has 104 valence electrons. The van der Waals surface area contributed by atoms with E-state index in [0.717, 1.165) is 0 Å². The van der Waals surface area contributed by atoms with Crippen LogP contribution in [0.25, 0.3) is 0 Å². The Hall–Kier alpha value is -1.98. The molecule has 1 heterocycles. The van der Waals surface area contributed by atoms with E-state index in [-0.39, 0.29) is 27.1 Å². The number of esters is 1. The summed E-state index contributed by atoms with van der Waals surface area (Å²) in [6.07, 6.45) is 1.30. The zero-order valence-corrected chi connectivity index (χ0v) is 11.8. The Morgan fingerprint density at radius 2 is 2.00 bits per heavy atom. The molecule has 2 aromatic rings. The number of methoxy groups -OCH3 is 1. The van der Waals surface area contributed by atoms with Crippen LogP contribution in [0.2, 0.25) is 10.2 Å². The van der Waals surface area contributed by atoms with Crippen molar-refractivity contribution in [2.24, 2.45) is 0 Å². The average Bonchev–Trinajstić information content (AvgIpc) is 2.86. The third-order valence-corrected chi connectivity index (χ3v) is 3.12. The zero-order valence-electron chi connectivity index (χ0n) is 10.3. The lowest BCUT2D eigenvalue weighted by atomic mass is 10.2. The van der Waals surface area contributed by atoms with Gasteiger partial charge in [-0.3, -0.25) is 4.79 Å². The topological polar surface area (TPSA) is 68.5 Å². The number of hydrogen-bond donors (Lipinski definition) is 1. The Kier molecular flexibility index (Phi) is 4.32. The molecular formula is C13H9Cl2NO4. The van der Waals surface area contributed by atoms with Crippen molar-refractivity contribution in [2.45, 2.75) is 0 Å². The molecule has 1 aromatic carbocycles. The number of carbonyl (C=O) groups is 2. The van der Waals surface area contributed by atoms with Crippen molar-refractivity contribution in [3.05, 3.63) is 51.9 Å². The van der Waals surface area contributed by atoms with E-state index in [1.807, 2.05) is 0 Å². The number of anilines is 1. The minimum absolute atomic E-state index is 0.0252. The minimum Gasteiger partial charge on any atom is -0.465 e. The Bertz CT molecular complexity index is 666. The van der Waals surface area contributed by atoms with E-state index < -0.39 is 11.9 Å². The van der Waals surface area contributed by atoms with Crippen LogP contribution in [0.15, 0.2) is 34.9 Å². The van der Waals surface area contributed by atoms with Crippen LogP contribution < -0.4 is 5.32 Å². The second-order valence-corrected chi connectivity index (χ2v) is 4.50. The minimum atomic E-state index is -0.529. The summed E-state index contributed by atoms with van der Waals surface area (Å²) >= 11 is 11.7. The van der Waals surface area contributed by atoms with Gasteiger partial charge in [-0.25, -0.2) is 4.79 Å². The first-order valence-electron chi connectivity index (χ1n) is 5.45. The van der Waals surface area contributed by atoms with Gasteiger partial charge in [0.25, 0.3) is 5.91 Å². The number of ether oxygens (including phenoxy) is 1. The van der Waals surface area contributed by atoms with Gasteiger partial charge in [0.1, 0.15) is 0 Å². The number of nitrogens with one attached hydrogen (secondary N) is 1. The second kappa shape index (κ2) is 5.98. The van der Waals surface area contributed by atoms with Crippen LogP contribution >= 0.6 is 23.2 Å². The molecule has 1 aromatic heterocycles. The van der Waals surface area contributed by atoms with Crippen LogP contribution in [0, 0.1) is 0 Å². The molecule has 0 bridgehead atoms. The maximum absolute atomic E-state index is 12.0. The van der Waals surface area contributed by atoms with Crippen LogP contribution in [-0.2, 0) is 4.74 Å². The molecule has 20 heavy (non-hydrogen) atoms. The van der Waals surface area contributed by atoms with Gasteiger partial charge in [-0.05, 0) is 35.9 Å². The van der Waals surface area contributed by atoms with Crippen molar-refractivity contribution < 1.29 is 18.7 Å². The number of furan rings is 1. The molecule has 0 saturated carbocycles. The summed E-state index contributed by atoms with van der Waals surface area (Å²) in [5.74, 6) is -1.02. The normalized spacial score (nSPS) is 10.2. The van der Waals surface area contributed by atoms with Gasteiger partial charge in [0.2, 0.25) is 5.22 Å². The monoisotopic (exact) mass is 313 g/mol. The Balaban J connectivity index is 2.27. The van der Waals surface area contributed by atoms with Crippen LogP contribution in [0.5, 0.6) is 0 Å². The fourth-order valence-electron chi connectivity index (χ4n) is 1.51. The lowest BCUT2D eigenvalue weighted by molar-refractivity contribution is 0.0600. The third kappa shape index (κ3) is 2.95. The molecule has 0 fully saturated rings. The van der Waals surface area contributed by atoms with Crippen LogP contribution in [0.3, 0.4) is 0 Å². The molecule has 1 N–H and O–H groups in total. The highest BCUT2D eigenvalue weighted by Crippen LogP contribution is 2.25. The molecule has 5 nitrogen and oxygen atoms in total. The predicted molar refractivity (Wildman–Crippen MR) is 74.5 cm³/mol. The van der Waals surface area contributed by atoms with Gasteiger partial charge in [0, 0.05) is 0 Å². The van der Waals surface area contributed by atoms with Crippen LogP contribution in [0.4, 0.5) is 5.69 Å². The van der Waals surface area contributed by atoms with Crippen molar-refractivity contribution in [3.63, 3.8) is 0 Å². The summed E-state index contributed by atoms with van der Waals surface area (Å²) in [6, 6.07) is 5.82. The number of halogens is 2. The molecule has 0 aliphatic heterocycles. The molecule has 0 atom stereocenters. The molecule has 1 amide bonds. The maximum atomic E-state index is 12.0. The van der Waals surface area contributed by atoms with Gasteiger partial charge in [0.15, 0.2) is 0 Å². The van der Waals surface area contributed by atoms with E-state index in [1.54, 1.807) is 0 Å². The molecule has 0 spiro atoms. The summed E-state index contributed by atoms with van der Waals surface area (Å²) in [6.45, 7) is 0. The van der Waals surface area contributed by atoms with Crippen molar-refractivity contribution in [2.75, 3.05) is 12.4 Å². The van der Waals surface area contributed by atoms with E-state index in [0.29, 0.717) is 0 Å². The highest BCUT2D eigenvalue weighted by molar-refractivity contribution is 6.35. The highest BCUT2D eigenvalue weighted by atomic mass is 35.5. The molecule has 0 aliphatic rings. The number of rotatable bonds is 3. The zero-order chi connectivity index (χ0) is 14.7. The fraction of sp³-hybridized carbons (Fsp3) is 0.0769. The average molecular weight is 314 g/mol. The van der Waals surface area contributed by atoms with Gasteiger partial charge in [-0.15, -0.1) is 0 Å². The first-order chi connectivity index (χ1) is 9.52. The van der Waals surface area contributed by atoms with E-state index in [9.17, 15) is 9.59 Å². The van der Waals surface area contributed by atoms with Crippen LogP contribution in [0.1, 0.15) is 20.7 Å². The van der Waals surface area contributed by atoms with Gasteiger partial charge >= 0.3 is 5.97 Å². The summed E-state index contributed by atoms with van der Waals surface area (Å²) in [5, 5.41) is 2.81.